The smallest absolute Gasteiger partial charge is 0.0459 e. The number of nitrogens with zero attached hydrogens (tertiary/aromatic N) is 3. The van der Waals surface area contributed by atoms with Crippen LogP contribution in [0.2, 0.25) is 0 Å². The van der Waals surface area contributed by atoms with Crippen LogP contribution in [0.25, 0.3) is 10.4 Å². The van der Waals surface area contributed by atoms with Crippen LogP contribution in [0.3, 0.4) is 0 Å². The lowest BCUT2D eigenvalue weighted by atomic mass is 9.82. The minimum atomic E-state index is 0.314. The van der Waals surface area contributed by atoms with Crippen LogP contribution in [-0.2, 0) is 0 Å². The van der Waals surface area contributed by atoms with Gasteiger partial charge in [-0.2, -0.15) is 0 Å². The van der Waals surface area contributed by atoms with Gasteiger partial charge in [-0.25, -0.2) is 0 Å². The van der Waals surface area contributed by atoms with Crippen LogP contribution < -0.4 is 0 Å². The first-order chi connectivity index (χ1) is 5.86. The maximum atomic E-state index is 8.87. The number of aliphatic hydroxyl groups excluding tert-OH is 1. The van der Waals surface area contributed by atoms with Crippen molar-refractivity contribution in [2.45, 2.75) is 25.7 Å². The number of hydrogen-bond acceptors (Lipinski definition) is 2. The van der Waals surface area contributed by atoms with Crippen molar-refractivity contribution in [1.29, 1.82) is 0 Å². The highest BCUT2D eigenvalue weighted by Crippen LogP contribution is 2.28. The maximum absolute atomic E-state index is 8.87. The molecular formula is C8H15N3O. The molecular weight excluding hydrogens is 154 g/mol. The lowest BCUT2D eigenvalue weighted by Crippen LogP contribution is -2.18. The Morgan fingerprint density at radius 3 is 2.33 bits per heavy atom. The largest absolute Gasteiger partial charge is 0.396 e. The van der Waals surface area contributed by atoms with E-state index in [9.17, 15) is 0 Å². The fourth-order valence-electron chi connectivity index (χ4n) is 1.75. The molecule has 1 N–H and O–H groups in total. The van der Waals surface area contributed by atoms with Crippen LogP contribution in [0, 0.1) is 11.8 Å². The van der Waals surface area contributed by atoms with E-state index in [1.54, 1.807) is 0 Å². The van der Waals surface area contributed by atoms with Crippen LogP contribution in [0.1, 0.15) is 25.7 Å². The first kappa shape index (κ1) is 9.36. The average molecular weight is 169 g/mol. The van der Waals surface area contributed by atoms with Gasteiger partial charge in [0.2, 0.25) is 0 Å². The summed E-state index contributed by atoms with van der Waals surface area (Å²) in [5.41, 5.74) is 8.11. The molecule has 1 fully saturated rings. The van der Waals surface area contributed by atoms with Gasteiger partial charge >= 0.3 is 0 Å². The van der Waals surface area contributed by atoms with Crippen LogP contribution in [0.5, 0.6) is 0 Å². The van der Waals surface area contributed by atoms with E-state index in [1.807, 2.05) is 0 Å². The first-order valence-electron chi connectivity index (χ1n) is 4.48. The van der Waals surface area contributed by atoms with Crippen molar-refractivity contribution < 1.29 is 5.11 Å². The van der Waals surface area contributed by atoms with Crippen molar-refractivity contribution >= 4 is 0 Å². The fraction of sp³-hybridized carbons (Fsp3) is 1.00. The molecule has 0 heterocycles. The number of azide groups is 1. The summed E-state index contributed by atoms with van der Waals surface area (Å²) in [6.07, 6.45) is 4.37. The third-order valence-corrected chi connectivity index (χ3v) is 2.63. The second kappa shape index (κ2) is 5.01. The van der Waals surface area contributed by atoms with Gasteiger partial charge in [-0.1, -0.05) is 5.11 Å². The van der Waals surface area contributed by atoms with Crippen LogP contribution >= 0.6 is 0 Å². The Morgan fingerprint density at radius 1 is 1.25 bits per heavy atom. The molecule has 1 rings (SSSR count). The molecule has 1 aliphatic carbocycles. The Labute approximate surface area is 72.2 Å². The summed E-state index contributed by atoms with van der Waals surface area (Å²) in [5, 5.41) is 12.4. The molecule has 0 aromatic heterocycles. The summed E-state index contributed by atoms with van der Waals surface area (Å²) < 4.78 is 0. The van der Waals surface area contributed by atoms with Crippen molar-refractivity contribution in [2.24, 2.45) is 17.0 Å². The van der Waals surface area contributed by atoms with E-state index in [0.717, 1.165) is 25.7 Å². The third kappa shape index (κ3) is 2.72. The van der Waals surface area contributed by atoms with E-state index in [1.165, 1.54) is 0 Å². The predicted molar refractivity (Wildman–Crippen MR) is 46.5 cm³/mol. The topological polar surface area (TPSA) is 69.0 Å². The number of hydrogen-bond donors (Lipinski definition) is 1. The molecule has 0 spiro atoms. The van der Waals surface area contributed by atoms with E-state index in [2.05, 4.69) is 10.0 Å². The predicted octanol–water partition coefficient (Wildman–Crippen LogP) is 2.10. The van der Waals surface area contributed by atoms with E-state index >= 15 is 0 Å². The van der Waals surface area contributed by atoms with Crippen LogP contribution in [0.4, 0.5) is 0 Å². The van der Waals surface area contributed by atoms with Crippen molar-refractivity contribution in [3.8, 4) is 0 Å². The lowest BCUT2D eigenvalue weighted by molar-refractivity contribution is 0.169. The summed E-state index contributed by atoms with van der Waals surface area (Å²) in [7, 11) is 0. The Bertz CT molecular complexity index is 169. The normalized spacial score (nSPS) is 29.4. The summed E-state index contributed by atoms with van der Waals surface area (Å²) in [6.45, 7) is 0.947. The Balaban J connectivity index is 2.21. The Morgan fingerprint density at radius 2 is 1.83 bits per heavy atom. The highest BCUT2D eigenvalue weighted by Gasteiger charge is 2.19. The molecule has 0 saturated heterocycles. The zero-order valence-electron chi connectivity index (χ0n) is 7.19. The molecule has 0 aromatic rings. The Hall–Kier alpha value is -0.730. The highest BCUT2D eigenvalue weighted by atomic mass is 16.3. The average Bonchev–Trinajstić information content (AvgIpc) is 2.15. The van der Waals surface area contributed by atoms with E-state index in [-0.39, 0.29) is 0 Å². The molecule has 0 aromatic carbocycles. The molecule has 4 heteroatoms. The monoisotopic (exact) mass is 169 g/mol. The van der Waals surface area contributed by atoms with Gasteiger partial charge in [0.05, 0.1) is 0 Å². The first-order valence-corrected chi connectivity index (χ1v) is 4.48. The van der Waals surface area contributed by atoms with Crippen molar-refractivity contribution in [1.82, 2.24) is 0 Å². The summed E-state index contributed by atoms with van der Waals surface area (Å²) in [4.78, 5) is 2.74. The van der Waals surface area contributed by atoms with Crippen molar-refractivity contribution in [3.63, 3.8) is 0 Å². The van der Waals surface area contributed by atoms with Gasteiger partial charge in [-0.3, -0.25) is 0 Å². The minimum Gasteiger partial charge on any atom is -0.396 e. The number of aliphatic hydroxyl groups is 1. The van der Waals surface area contributed by atoms with Gasteiger partial charge in [0.25, 0.3) is 0 Å². The van der Waals surface area contributed by atoms with Crippen molar-refractivity contribution in [2.75, 3.05) is 13.2 Å². The van der Waals surface area contributed by atoms with Crippen LogP contribution in [0.15, 0.2) is 5.11 Å². The van der Waals surface area contributed by atoms with Gasteiger partial charge in [-0.15, -0.1) is 0 Å². The molecule has 0 aliphatic heterocycles. The molecule has 0 bridgehead atoms. The number of rotatable bonds is 3. The van der Waals surface area contributed by atoms with E-state index in [4.69, 9.17) is 10.6 Å². The molecule has 1 aliphatic rings. The molecule has 1 saturated carbocycles. The quantitative estimate of drug-likeness (QED) is 0.392. The summed E-state index contributed by atoms with van der Waals surface area (Å²) >= 11 is 0. The van der Waals surface area contributed by atoms with Gasteiger partial charge < -0.3 is 5.11 Å². The second-order valence-electron chi connectivity index (χ2n) is 3.48. The zero-order chi connectivity index (χ0) is 8.81. The molecule has 4 nitrogen and oxygen atoms in total. The van der Waals surface area contributed by atoms with Gasteiger partial charge in [0.1, 0.15) is 0 Å². The zero-order valence-corrected chi connectivity index (χ0v) is 7.19. The summed E-state index contributed by atoms with van der Waals surface area (Å²) in [5.74, 6) is 1.05. The van der Waals surface area contributed by atoms with E-state index in [0.29, 0.717) is 25.0 Å². The fourth-order valence-corrected chi connectivity index (χ4v) is 1.75. The van der Waals surface area contributed by atoms with Crippen molar-refractivity contribution in [3.05, 3.63) is 10.4 Å². The lowest BCUT2D eigenvalue weighted by Gasteiger charge is -2.25. The third-order valence-electron chi connectivity index (χ3n) is 2.63. The molecule has 0 amide bonds. The maximum Gasteiger partial charge on any atom is 0.0459 e. The molecule has 68 valence electrons. The minimum absolute atomic E-state index is 0.314. The summed E-state index contributed by atoms with van der Waals surface area (Å²) in [6, 6.07) is 0. The standard InChI is InChI=1S/C8H15N3O/c9-11-10-5-7-1-3-8(6-12)4-2-7/h7-8,12H,1-6H2/t7-,8+. The molecule has 12 heavy (non-hydrogen) atoms. The molecule has 0 atom stereocenters. The van der Waals surface area contributed by atoms with Gasteiger partial charge in [0.15, 0.2) is 0 Å². The highest BCUT2D eigenvalue weighted by molar-refractivity contribution is 4.73. The second-order valence-corrected chi connectivity index (χ2v) is 3.48. The Kier molecular flexibility index (Phi) is 3.91. The van der Waals surface area contributed by atoms with Crippen LogP contribution in [-0.4, -0.2) is 18.3 Å². The van der Waals surface area contributed by atoms with Gasteiger partial charge in [0, 0.05) is 18.1 Å². The molecule has 0 radical (unpaired) electrons. The van der Waals surface area contributed by atoms with Gasteiger partial charge in [-0.05, 0) is 43.1 Å². The van der Waals surface area contributed by atoms with E-state index < -0.39 is 0 Å². The molecule has 0 unspecified atom stereocenters. The SMILES string of the molecule is [N-]=[N+]=NC[C@H]1CC[C@@H](CO)CC1.